The van der Waals surface area contributed by atoms with Gasteiger partial charge in [0.15, 0.2) is 5.16 Å². The van der Waals surface area contributed by atoms with Gasteiger partial charge in [0.1, 0.15) is 11.9 Å². The second-order valence-corrected chi connectivity index (χ2v) is 4.47. The highest BCUT2D eigenvalue weighted by molar-refractivity contribution is 7.98. The van der Waals surface area contributed by atoms with Crippen molar-refractivity contribution in [1.29, 1.82) is 0 Å². The SMILES string of the molecule is CSc1nccc(N2CCNC(C(=O)O)C2)n1. The number of aromatic nitrogens is 2. The first kappa shape index (κ1) is 12.1. The molecule has 2 heterocycles. The van der Waals surface area contributed by atoms with Crippen molar-refractivity contribution in [2.24, 2.45) is 0 Å². The summed E-state index contributed by atoms with van der Waals surface area (Å²) in [7, 11) is 0. The summed E-state index contributed by atoms with van der Waals surface area (Å²) >= 11 is 1.47. The number of anilines is 1. The van der Waals surface area contributed by atoms with Gasteiger partial charge in [0.25, 0.3) is 0 Å². The molecule has 0 spiro atoms. The second-order valence-electron chi connectivity index (χ2n) is 3.69. The molecule has 1 aromatic rings. The van der Waals surface area contributed by atoms with Gasteiger partial charge < -0.3 is 15.3 Å². The van der Waals surface area contributed by atoms with E-state index in [1.807, 2.05) is 17.2 Å². The number of carbonyl (C=O) groups is 1. The maximum Gasteiger partial charge on any atom is 0.322 e. The van der Waals surface area contributed by atoms with E-state index in [1.165, 1.54) is 11.8 Å². The minimum Gasteiger partial charge on any atom is -0.480 e. The van der Waals surface area contributed by atoms with Crippen molar-refractivity contribution in [2.75, 3.05) is 30.8 Å². The summed E-state index contributed by atoms with van der Waals surface area (Å²) < 4.78 is 0. The van der Waals surface area contributed by atoms with Gasteiger partial charge in [0, 0.05) is 25.8 Å². The quantitative estimate of drug-likeness (QED) is 0.583. The molecule has 0 saturated carbocycles. The number of carboxylic acid groups (broad SMARTS) is 1. The fourth-order valence-electron chi connectivity index (χ4n) is 1.73. The van der Waals surface area contributed by atoms with Crippen LogP contribution in [0.5, 0.6) is 0 Å². The number of carboxylic acids is 1. The van der Waals surface area contributed by atoms with Crippen LogP contribution in [0.2, 0.25) is 0 Å². The van der Waals surface area contributed by atoms with E-state index in [-0.39, 0.29) is 0 Å². The van der Waals surface area contributed by atoms with Gasteiger partial charge in [-0.1, -0.05) is 11.8 Å². The smallest absolute Gasteiger partial charge is 0.322 e. The Morgan fingerprint density at radius 2 is 2.53 bits per heavy atom. The summed E-state index contributed by atoms with van der Waals surface area (Å²) in [6, 6.07) is 1.28. The lowest BCUT2D eigenvalue weighted by Crippen LogP contribution is -2.54. The Kier molecular flexibility index (Phi) is 3.80. The monoisotopic (exact) mass is 254 g/mol. The maximum atomic E-state index is 10.9. The Morgan fingerprint density at radius 1 is 1.71 bits per heavy atom. The number of nitrogens with one attached hydrogen (secondary N) is 1. The number of thioether (sulfide) groups is 1. The molecule has 1 aliphatic rings. The summed E-state index contributed by atoms with van der Waals surface area (Å²) in [5.41, 5.74) is 0. The number of aliphatic carboxylic acids is 1. The molecule has 1 fully saturated rings. The van der Waals surface area contributed by atoms with Crippen LogP contribution in [0.1, 0.15) is 0 Å². The molecular formula is C10H14N4O2S. The Morgan fingerprint density at radius 3 is 3.24 bits per heavy atom. The predicted molar refractivity (Wildman–Crippen MR) is 65.5 cm³/mol. The van der Waals surface area contributed by atoms with Gasteiger partial charge in [-0.05, 0) is 12.3 Å². The first-order valence-electron chi connectivity index (χ1n) is 5.29. The van der Waals surface area contributed by atoms with Gasteiger partial charge in [-0.15, -0.1) is 0 Å². The van der Waals surface area contributed by atoms with E-state index < -0.39 is 12.0 Å². The average molecular weight is 254 g/mol. The molecule has 6 nitrogen and oxygen atoms in total. The van der Waals surface area contributed by atoms with Crippen LogP contribution in [0.3, 0.4) is 0 Å². The molecular weight excluding hydrogens is 240 g/mol. The summed E-state index contributed by atoms with van der Waals surface area (Å²) in [6.07, 6.45) is 3.61. The standard InChI is InChI=1S/C10H14N4O2S/c1-17-10-12-3-2-8(13-10)14-5-4-11-7(6-14)9(15)16/h2-3,7,11H,4-6H2,1H3,(H,15,16). The molecule has 1 atom stereocenters. The van der Waals surface area contributed by atoms with Gasteiger partial charge >= 0.3 is 5.97 Å². The molecule has 0 aliphatic carbocycles. The third kappa shape index (κ3) is 2.86. The minimum atomic E-state index is -0.825. The van der Waals surface area contributed by atoms with Gasteiger partial charge in [0.05, 0.1) is 0 Å². The Hall–Kier alpha value is -1.34. The van der Waals surface area contributed by atoms with Crippen molar-refractivity contribution in [2.45, 2.75) is 11.2 Å². The highest BCUT2D eigenvalue weighted by Gasteiger charge is 2.25. The molecule has 2 N–H and O–H groups in total. The van der Waals surface area contributed by atoms with Gasteiger partial charge in [-0.2, -0.15) is 0 Å². The highest BCUT2D eigenvalue weighted by Crippen LogP contribution is 2.16. The topological polar surface area (TPSA) is 78.4 Å². The lowest BCUT2D eigenvalue weighted by Gasteiger charge is -2.32. The first-order chi connectivity index (χ1) is 8.20. The highest BCUT2D eigenvalue weighted by atomic mass is 32.2. The van der Waals surface area contributed by atoms with E-state index in [2.05, 4.69) is 15.3 Å². The largest absolute Gasteiger partial charge is 0.480 e. The second kappa shape index (κ2) is 5.33. The number of piperazine rings is 1. The zero-order chi connectivity index (χ0) is 12.3. The molecule has 0 aromatic carbocycles. The lowest BCUT2D eigenvalue weighted by molar-refractivity contribution is -0.139. The van der Waals surface area contributed by atoms with Crippen LogP contribution < -0.4 is 10.2 Å². The van der Waals surface area contributed by atoms with E-state index >= 15 is 0 Å². The summed E-state index contributed by atoms with van der Waals surface area (Å²) in [4.78, 5) is 21.4. The third-order valence-corrected chi connectivity index (χ3v) is 3.16. The molecule has 2 rings (SSSR count). The van der Waals surface area contributed by atoms with E-state index in [0.29, 0.717) is 18.2 Å². The van der Waals surface area contributed by atoms with Crippen molar-refractivity contribution in [3.8, 4) is 0 Å². The number of rotatable bonds is 3. The van der Waals surface area contributed by atoms with E-state index in [4.69, 9.17) is 5.11 Å². The van der Waals surface area contributed by atoms with Crippen LogP contribution >= 0.6 is 11.8 Å². The summed E-state index contributed by atoms with van der Waals surface area (Å²) in [5.74, 6) is -0.0362. The first-order valence-corrected chi connectivity index (χ1v) is 6.51. The molecule has 0 radical (unpaired) electrons. The minimum absolute atomic E-state index is 0.431. The van der Waals surface area contributed by atoms with Crippen LogP contribution in [0.15, 0.2) is 17.4 Å². The van der Waals surface area contributed by atoms with Crippen molar-refractivity contribution >= 4 is 23.5 Å². The molecule has 1 saturated heterocycles. The van der Waals surface area contributed by atoms with Crippen molar-refractivity contribution < 1.29 is 9.90 Å². The van der Waals surface area contributed by atoms with Gasteiger partial charge in [0.2, 0.25) is 0 Å². The maximum absolute atomic E-state index is 10.9. The zero-order valence-electron chi connectivity index (χ0n) is 9.46. The van der Waals surface area contributed by atoms with Crippen LogP contribution in [0.25, 0.3) is 0 Å². The van der Waals surface area contributed by atoms with Crippen molar-refractivity contribution in [3.63, 3.8) is 0 Å². The fourth-order valence-corrected chi connectivity index (χ4v) is 2.08. The molecule has 0 amide bonds. The average Bonchev–Trinajstić information content (AvgIpc) is 2.39. The zero-order valence-corrected chi connectivity index (χ0v) is 10.3. The lowest BCUT2D eigenvalue weighted by atomic mass is 10.2. The van der Waals surface area contributed by atoms with Crippen molar-refractivity contribution in [1.82, 2.24) is 15.3 Å². The van der Waals surface area contributed by atoms with Crippen LogP contribution in [0.4, 0.5) is 5.82 Å². The normalized spacial score (nSPS) is 20.3. The van der Waals surface area contributed by atoms with Crippen LogP contribution in [-0.4, -0.2) is 53.0 Å². The number of hydrogen-bond donors (Lipinski definition) is 2. The van der Waals surface area contributed by atoms with E-state index in [0.717, 1.165) is 12.4 Å². The summed E-state index contributed by atoms with van der Waals surface area (Å²) in [6.45, 7) is 1.84. The Labute approximate surface area is 103 Å². The van der Waals surface area contributed by atoms with Gasteiger partial charge in [-0.25, -0.2) is 9.97 Å². The fraction of sp³-hybridized carbons (Fsp3) is 0.500. The molecule has 7 heteroatoms. The Balaban J connectivity index is 2.13. The molecule has 1 aliphatic heterocycles. The molecule has 1 unspecified atom stereocenters. The molecule has 17 heavy (non-hydrogen) atoms. The van der Waals surface area contributed by atoms with E-state index in [9.17, 15) is 4.79 Å². The van der Waals surface area contributed by atoms with Crippen LogP contribution in [0, 0.1) is 0 Å². The number of nitrogens with zero attached hydrogens (tertiary/aromatic N) is 3. The summed E-state index contributed by atoms with van der Waals surface area (Å²) in [5, 5.41) is 12.6. The van der Waals surface area contributed by atoms with Gasteiger partial charge in [-0.3, -0.25) is 4.79 Å². The predicted octanol–water partition coefficient (Wildman–Crippen LogP) is 0.0613. The molecule has 92 valence electrons. The van der Waals surface area contributed by atoms with Crippen molar-refractivity contribution in [3.05, 3.63) is 12.3 Å². The Bertz CT molecular complexity index is 415. The molecule has 0 bridgehead atoms. The molecule has 1 aromatic heterocycles. The van der Waals surface area contributed by atoms with Crippen LogP contribution in [-0.2, 0) is 4.79 Å². The third-order valence-electron chi connectivity index (χ3n) is 2.60. The van der Waals surface area contributed by atoms with E-state index in [1.54, 1.807) is 6.20 Å². The number of hydrogen-bond acceptors (Lipinski definition) is 6.